The summed E-state index contributed by atoms with van der Waals surface area (Å²) in [5, 5.41) is 8.47. The molecule has 1 saturated heterocycles. The molecule has 0 spiro atoms. The number of hydrogen-bond donors (Lipinski definition) is 2. The Labute approximate surface area is 106 Å². The largest absolute Gasteiger partial charge is 0.350 e. The van der Waals surface area contributed by atoms with Gasteiger partial charge in [-0.2, -0.15) is 0 Å². The van der Waals surface area contributed by atoms with Crippen molar-refractivity contribution < 1.29 is 4.79 Å². The molecule has 3 unspecified atom stereocenters. The summed E-state index contributed by atoms with van der Waals surface area (Å²) >= 11 is 1.69. The number of fused-ring (bicyclic) bond motifs is 1. The van der Waals surface area contributed by atoms with Gasteiger partial charge >= 0.3 is 0 Å². The lowest BCUT2D eigenvalue weighted by Crippen LogP contribution is -2.43. The van der Waals surface area contributed by atoms with Crippen LogP contribution in [0.3, 0.4) is 0 Å². The fraction of sp³-hybridized carbons (Fsp3) is 0.615. The molecule has 2 N–H and O–H groups in total. The average molecular weight is 250 g/mol. The molecule has 1 amide bonds. The van der Waals surface area contributed by atoms with Crippen LogP contribution in [0.25, 0.3) is 0 Å². The van der Waals surface area contributed by atoms with Gasteiger partial charge in [0.1, 0.15) is 0 Å². The summed E-state index contributed by atoms with van der Waals surface area (Å²) in [7, 11) is 0. The number of nitrogens with one attached hydrogen (secondary N) is 2. The van der Waals surface area contributed by atoms with Crippen LogP contribution in [0.4, 0.5) is 0 Å². The highest BCUT2D eigenvalue weighted by molar-refractivity contribution is 7.09. The predicted molar refractivity (Wildman–Crippen MR) is 68.8 cm³/mol. The Bertz CT molecular complexity index is 390. The van der Waals surface area contributed by atoms with E-state index in [1.165, 1.54) is 24.1 Å². The van der Waals surface area contributed by atoms with E-state index in [1.54, 1.807) is 11.3 Å². The minimum Gasteiger partial charge on any atom is -0.350 e. The zero-order valence-corrected chi connectivity index (χ0v) is 10.6. The highest BCUT2D eigenvalue weighted by Gasteiger charge is 2.42. The maximum absolute atomic E-state index is 12.1. The number of rotatable bonds is 3. The molecule has 3 atom stereocenters. The molecule has 92 valence electrons. The number of thiophene rings is 1. The summed E-state index contributed by atoms with van der Waals surface area (Å²) in [5.74, 6) is 1.51. The third-order valence-corrected chi connectivity index (χ3v) is 4.92. The number of amides is 1. The molecule has 2 fully saturated rings. The summed E-state index contributed by atoms with van der Waals surface area (Å²) < 4.78 is 0. The first-order chi connectivity index (χ1) is 8.34. The molecule has 1 saturated carbocycles. The Morgan fingerprint density at radius 3 is 3.29 bits per heavy atom. The summed E-state index contributed by atoms with van der Waals surface area (Å²) in [6.45, 7) is 1.70. The van der Waals surface area contributed by atoms with Crippen LogP contribution in [0.2, 0.25) is 0 Å². The van der Waals surface area contributed by atoms with Crippen LogP contribution < -0.4 is 10.6 Å². The van der Waals surface area contributed by atoms with Crippen molar-refractivity contribution in [1.29, 1.82) is 0 Å². The van der Waals surface area contributed by atoms with Crippen molar-refractivity contribution in [3.8, 4) is 0 Å². The monoisotopic (exact) mass is 250 g/mol. The van der Waals surface area contributed by atoms with E-state index < -0.39 is 0 Å². The SMILES string of the molecule is O=C(NCc1cccs1)C1NCC2CCCC21. The fourth-order valence-corrected chi connectivity index (χ4v) is 3.82. The van der Waals surface area contributed by atoms with Crippen LogP contribution in [0.1, 0.15) is 24.1 Å². The number of carbonyl (C=O) groups excluding carboxylic acids is 1. The zero-order valence-electron chi connectivity index (χ0n) is 9.82. The highest BCUT2D eigenvalue weighted by atomic mass is 32.1. The summed E-state index contributed by atoms with van der Waals surface area (Å²) in [6, 6.07) is 4.14. The second-order valence-corrected chi connectivity index (χ2v) is 6.07. The molecular formula is C13H18N2OS. The normalized spacial score (nSPS) is 31.4. The Morgan fingerprint density at radius 2 is 2.47 bits per heavy atom. The lowest BCUT2D eigenvalue weighted by Gasteiger charge is -2.17. The molecule has 2 heterocycles. The van der Waals surface area contributed by atoms with Crippen LogP contribution in [-0.2, 0) is 11.3 Å². The van der Waals surface area contributed by atoms with E-state index in [0.29, 0.717) is 12.5 Å². The van der Waals surface area contributed by atoms with Crippen LogP contribution in [0, 0.1) is 11.8 Å². The first-order valence-corrected chi connectivity index (χ1v) is 7.26. The molecule has 3 rings (SSSR count). The molecule has 1 aliphatic carbocycles. The van der Waals surface area contributed by atoms with E-state index >= 15 is 0 Å². The topological polar surface area (TPSA) is 41.1 Å². The second-order valence-electron chi connectivity index (χ2n) is 5.04. The molecule has 4 heteroatoms. The highest BCUT2D eigenvalue weighted by Crippen LogP contribution is 2.37. The maximum atomic E-state index is 12.1. The third-order valence-electron chi connectivity index (χ3n) is 4.05. The van der Waals surface area contributed by atoms with Crippen molar-refractivity contribution in [2.45, 2.75) is 31.8 Å². The molecule has 1 aromatic heterocycles. The molecule has 2 aliphatic rings. The summed E-state index contributed by atoms with van der Waals surface area (Å²) in [5.41, 5.74) is 0. The van der Waals surface area contributed by atoms with Crippen molar-refractivity contribution in [2.75, 3.05) is 6.54 Å². The first kappa shape index (κ1) is 11.2. The van der Waals surface area contributed by atoms with Crippen molar-refractivity contribution in [1.82, 2.24) is 10.6 Å². The molecule has 0 radical (unpaired) electrons. The Hall–Kier alpha value is -0.870. The van der Waals surface area contributed by atoms with Gasteiger partial charge in [-0.1, -0.05) is 12.5 Å². The van der Waals surface area contributed by atoms with Gasteiger partial charge in [0.2, 0.25) is 5.91 Å². The minimum atomic E-state index is 0.0578. The molecule has 0 aromatic carbocycles. The van der Waals surface area contributed by atoms with Gasteiger partial charge in [-0.25, -0.2) is 0 Å². The summed E-state index contributed by atoms with van der Waals surface area (Å²) in [4.78, 5) is 13.3. The number of hydrogen-bond acceptors (Lipinski definition) is 3. The molecule has 1 aromatic rings. The zero-order chi connectivity index (χ0) is 11.7. The number of carbonyl (C=O) groups is 1. The van der Waals surface area contributed by atoms with Crippen molar-refractivity contribution in [3.63, 3.8) is 0 Å². The van der Waals surface area contributed by atoms with Gasteiger partial charge in [0.15, 0.2) is 0 Å². The quantitative estimate of drug-likeness (QED) is 0.858. The smallest absolute Gasteiger partial charge is 0.237 e. The van der Waals surface area contributed by atoms with E-state index in [2.05, 4.69) is 16.7 Å². The average Bonchev–Trinajstić information content (AvgIpc) is 3.02. The van der Waals surface area contributed by atoms with Gasteiger partial charge in [0.25, 0.3) is 0 Å². The maximum Gasteiger partial charge on any atom is 0.237 e. The van der Waals surface area contributed by atoms with Crippen molar-refractivity contribution in [2.24, 2.45) is 11.8 Å². The van der Waals surface area contributed by atoms with Gasteiger partial charge in [-0.3, -0.25) is 4.79 Å². The molecule has 1 aliphatic heterocycles. The van der Waals surface area contributed by atoms with Gasteiger partial charge in [-0.15, -0.1) is 11.3 Å². The van der Waals surface area contributed by atoms with Crippen molar-refractivity contribution >= 4 is 17.2 Å². The van der Waals surface area contributed by atoms with E-state index in [9.17, 15) is 4.79 Å². The fourth-order valence-electron chi connectivity index (χ4n) is 3.17. The second kappa shape index (κ2) is 4.78. The Balaban J connectivity index is 1.55. The lowest BCUT2D eigenvalue weighted by atomic mass is 9.94. The lowest BCUT2D eigenvalue weighted by molar-refractivity contribution is -0.123. The van der Waals surface area contributed by atoms with Crippen LogP contribution in [0.15, 0.2) is 17.5 Å². The third kappa shape index (κ3) is 2.24. The summed E-state index contributed by atoms with van der Waals surface area (Å²) in [6.07, 6.45) is 3.81. The van der Waals surface area contributed by atoms with Gasteiger partial charge in [0.05, 0.1) is 12.6 Å². The van der Waals surface area contributed by atoms with E-state index in [0.717, 1.165) is 12.5 Å². The van der Waals surface area contributed by atoms with Gasteiger partial charge < -0.3 is 10.6 Å². The molecule has 0 bridgehead atoms. The van der Waals surface area contributed by atoms with Crippen molar-refractivity contribution in [3.05, 3.63) is 22.4 Å². The van der Waals surface area contributed by atoms with Gasteiger partial charge in [-0.05, 0) is 42.7 Å². The van der Waals surface area contributed by atoms with Crippen LogP contribution in [0.5, 0.6) is 0 Å². The Kier molecular flexibility index (Phi) is 3.16. The standard InChI is InChI=1S/C13H18N2OS/c16-13(15-8-10-4-2-6-17-10)12-11-5-1-3-9(11)7-14-12/h2,4,6,9,11-12,14H,1,3,5,7-8H2,(H,15,16). The van der Waals surface area contributed by atoms with E-state index in [-0.39, 0.29) is 11.9 Å². The van der Waals surface area contributed by atoms with Crippen LogP contribution in [-0.4, -0.2) is 18.5 Å². The van der Waals surface area contributed by atoms with Crippen LogP contribution >= 0.6 is 11.3 Å². The predicted octanol–water partition coefficient (Wildman–Crippen LogP) is 1.75. The molecule has 3 nitrogen and oxygen atoms in total. The molecule has 17 heavy (non-hydrogen) atoms. The van der Waals surface area contributed by atoms with Gasteiger partial charge in [0, 0.05) is 4.88 Å². The van der Waals surface area contributed by atoms with E-state index in [4.69, 9.17) is 0 Å². The van der Waals surface area contributed by atoms with E-state index in [1.807, 2.05) is 11.4 Å². The first-order valence-electron chi connectivity index (χ1n) is 6.38. The Morgan fingerprint density at radius 1 is 1.53 bits per heavy atom. The minimum absolute atomic E-state index is 0.0578. The molecular weight excluding hydrogens is 232 g/mol.